The van der Waals surface area contributed by atoms with E-state index in [1.165, 1.54) is 35.7 Å². The van der Waals surface area contributed by atoms with E-state index in [1.54, 1.807) is 14.0 Å². The first-order chi connectivity index (χ1) is 12.2. The zero-order valence-corrected chi connectivity index (χ0v) is 15.7. The number of methoxy groups -OCH3 is 1. The molecule has 7 heteroatoms. The number of carbonyl (C=O) groups excluding carboxylic acids is 1. The molecule has 1 aromatic carbocycles. The van der Waals surface area contributed by atoms with Crippen LogP contribution in [0.2, 0.25) is 0 Å². The Kier molecular flexibility index (Phi) is 5.63. The molecule has 6 nitrogen and oxygen atoms in total. The molecule has 0 saturated heterocycles. The maximum atomic E-state index is 11.7. The molecule has 1 aliphatic carbocycles. The number of carbonyl (C=O) groups is 1. The Balaban J connectivity index is 1.97. The number of rotatable bonds is 6. The molecule has 0 atom stereocenters. The van der Waals surface area contributed by atoms with Gasteiger partial charge in [0.05, 0.1) is 25.2 Å². The highest BCUT2D eigenvalue weighted by Crippen LogP contribution is 2.35. The maximum Gasteiger partial charge on any atom is 0.316 e. The molecule has 1 aromatic heterocycles. The summed E-state index contributed by atoms with van der Waals surface area (Å²) in [5.41, 5.74) is 3.66. The summed E-state index contributed by atoms with van der Waals surface area (Å²) in [6.07, 6.45) is 4.39. The highest BCUT2D eigenvalue weighted by atomic mass is 32.2. The number of nitrogens with zero attached hydrogens (tertiary/aromatic N) is 3. The lowest BCUT2D eigenvalue weighted by atomic mass is 9.89. The van der Waals surface area contributed by atoms with Crippen LogP contribution in [-0.2, 0) is 22.4 Å². The van der Waals surface area contributed by atoms with Gasteiger partial charge in [-0.3, -0.25) is 9.36 Å². The second kappa shape index (κ2) is 7.91. The van der Waals surface area contributed by atoms with Gasteiger partial charge < -0.3 is 9.47 Å². The van der Waals surface area contributed by atoms with Crippen LogP contribution in [0.4, 0.5) is 0 Å². The van der Waals surface area contributed by atoms with E-state index in [0.717, 1.165) is 30.1 Å². The number of aryl methyl sites for hydroxylation is 1. The third kappa shape index (κ3) is 3.66. The van der Waals surface area contributed by atoms with Crippen molar-refractivity contribution in [3.63, 3.8) is 0 Å². The van der Waals surface area contributed by atoms with E-state index in [9.17, 15) is 4.79 Å². The van der Waals surface area contributed by atoms with Crippen molar-refractivity contribution in [3.8, 4) is 11.4 Å². The topological polar surface area (TPSA) is 66.2 Å². The molecule has 0 bridgehead atoms. The summed E-state index contributed by atoms with van der Waals surface area (Å²) in [6.45, 7) is 4.12. The number of fused-ring (bicyclic) bond motifs is 1. The van der Waals surface area contributed by atoms with Gasteiger partial charge in [-0.15, -0.1) is 10.2 Å². The van der Waals surface area contributed by atoms with E-state index in [0.29, 0.717) is 11.8 Å². The second-order valence-corrected chi connectivity index (χ2v) is 6.85. The Hall–Kier alpha value is -2.02. The maximum absolute atomic E-state index is 11.7. The first kappa shape index (κ1) is 17.8. The molecule has 2 aromatic rings. The molecule has 0 radical (unpaired) electrons. The molecule has 0 fully saturated rings. The molecule has 0 N–H and O–H groups in total. The summed E-state index contributed by atoms with van der Waals surface area (Å²) >= 11 is 1.35. The molecular weight excluding hydrogens is 338 g/mol. The van der Waals surface area contributed by atoms with Crippen molar-refractivity contribution >= 4 is 17.7 Å². The smallest absolute Gasteiger partial charge is 0.316 e. The third-order valence-corrected chi connectivity index (χ3v) is 5.25. The quantitative estimate of drug-likeness (QED) is 0.582. The lowest BCUT2D eigenvalue weighted by Gasteiger charge is -2.23. The molecule has 1 heterocycles. The number of benzene rings is 1. The monoisotopic (exact) mass is 361 g/mol. The minimum Gasteiger partial charge on any atom is -0.496 e. The Bertz CT molecular complexity index is 773. The molecular formula is C18H23N3O3S. The predicted octanol–water partition coefficient (Wildman–Crippen LogP) is 3.12. The van der Waals surface area contributed by atoms with Crippen LogP contribution >= 0.6 is 11.8 Å². The standard InChI is InChI=1S/C18H23N3O3S/c1-4-24-17(22)11-25-18-20-19-12(2)21(18)15-9-10-16(23-3)14-8-6-5-7-13(14)15/h9-10H,4-8,11H2,1-3H3. The average molecular weight is 361 g/mol. The van der Waals surface area contributed by atoms with Gasteiger partial charge >= 0.3 is 5.97 Å². The van der Waals surface area contributed by atoms with Crippen LogP contribution in [-0.4, -0.2) is 40.2 Å². The van der Waals surface area contributed by atoms with Crippen LogP contribution in [0.1, 0.15) is 36.7 Å². The van der Waals surface area contributed by atoms with E-state index in [2.05, 4.69) is 16.3 Å². The van der Waals surface area contributed by atoms with Gasteiger partial charge in [-0.1, -0.05) is 11.8 Å². The summed E-state index contributed by atoms with van der Waals surface area (Å²) in [4.78, 5) is 11.7. The molecule has 0 saturated carbocycles. The van der Waals surface area contributed by atoms with Gasteiger partial charge in [0.15, 0.2) is 5.16 Å². The lowest BCUT2D eigenvalue weighted by Crippen LogP contribution is -2.12. The van der Waals surface area contributed by atoms with Crippen LogP contribution in [0.5, 0.6) is 5.75 Å². The molecule has 25 heavy (non-hydrogen) atoms. The van der Waals surface area contributed by atoms with E-state index >= 15 is 0 Å². The molecule has 0 unspecified atom stereocenters. The van der Waals surface area contributed by atoms with Crippen molar-refractivity contribution in [1.82, 2.24) is 14.8 Å². The molecule has 0 amide bonds. The van der Waals surface area contributed by atoms with Crippen molar-refractivity contribution in [2.24, 2.45) is 0 Å². The Morgan fingerprint density at radius 1 is 1.24 bits per heavy atom. The summed E-state index contributed by atoms with van der Waals surface area (Å²) in [6, 6.07) is 4.08. The zero-order valence-electron chi connectivity index (χ0n) is 14.9. The van der Waals surface area contributed by atoms with Gasteiger partial charge in [0.1, 0.15) is 11.6 Å². The summed E-state index contributed by atoms with van der Waals surface area (Å²) in [7, 11) is 1.72. The van der Waals surface area contributed by atoms with Gasteiger partial charge in [0, 0.05) is 0 Å². The third-order valence-electron chi connectivity index (χ3n) is 4.35. The Labute approximate surface area is 151 Å². The van der Waals surface area contributed by atoms with Crippen LogP contribution in [0.25, 0.3) is 5.69 Å². The minimum atomic E-state index is -0.239. The van der Waals surface area contributed by atoms with E-state index < -0.39 is 0 Å². The van der Waals surface area contributed by atoms with Crippen molar-refractivity contribution in [1.29, 1.82) is 0 Å². The molecule has 0 spiro atoms. The number of hydrogen-bond donors (Lipinski definition) is 0. The summed E-state index contributed by atoms with van der Waals surface area (Å²) < 4.78 is 12.6. The average Bonchev–Trinajstić information content (AvgIpc) is 2.99. The first-order valence-electron chi connectivity index (χ1n) is 8.55. The number of aromatic nitrogens is 3. The number of ether oxygens (including phenoxy) is 2. The highest BCUT2D eigenvalue weighted by Gasteiger charge is 2.22. The van der Waals surface area contributed by atoms with Crippen molar-refractivity contribution in [2.75, 3.05) is 19.5 Å². The van der Waals surface area contributed by atoms with Crippen molar-refractivity contribution in [2.45, 2.75) is 44.7 Å². The van der Waals surface area contributed by atoms with Crippen LogP contribution < -0.4 is 4.74 Å². The Morgan fingerprint density at radius 3 is 2.72 bits per heavy atom. The number of thioether (sulfide) groups is 1. The van der Waals surface area contributed by atoms with Gasteiger partial charge in [-0.25, -0.2) is 0 Å². The fraction of sp³-hybridized carbons (Fsp3) is 0.500. The van der Waals surface area contributed by atoms with Gasteiger partial charge in [0.25, 0.3) is 0 Å². The van der Waals surface area contributed by atoms with Crippen LogP contribution in [0.3, 0.4) is 0 Å². The fourth-order valence-corrected chi connectivity index (χ4v) is 4.04. The van der Waals surface area contributed by atoms with Crippen molar-refractivity contribution in [3.05, 3.63) is 29.1 Å². The van der Waals surface area contributed by atoms with Gasteiger partial charge in [0.2, 0.25) is 0 Å². The van der Waals surface area contributed by atoms with E-state index in [-0.39, 0.29) is 11.7 Å². The summed E-state index contributed by atoms with van der Waals surface area (Å²) in [5, 5.41) is 9.18. The van der Waals surface area contributed by atoms with E-state index in [1.807, 2.05) is 17.6 Å². The minimum absolute atomic E-state index is 0.227. The summed E-state index contributed by atoms with van der Waals surface area (Å²) in [5.74, 6) is 1.75. The largest absolute Gasteiger partial charge is 0.496 e. The molecule has 1 aliphatic rings. The fourth-order valence-electron chi connectivity index (χ4n) is 3.26. The lowest BCUT2D eigenvalue weighted by molar-refractivity contribution is -0.139. The zero-order chi connectivity index (χ0) is 17.8. The SMILES string of the molecule is CCOC(=O)CSc1nnc(C)n1-c1ccc(OC)c2c1CCCC2. The number of esters is 1. The second-order valence-electron chi connectivity index (χ2n) is 5.91. The normalized spacial score (nSPS) is 13.4. The van der Waals surface area contributed by atoms with Crippen LogP contribution in [0, 0.1) is 6.92 Å². The van der Waals surface area contributed by atoms with Gasteiger partial charge in [-0.2, -0.15) is 0 Å². The Morgan fingerprint density at radius 2 is 2.00 bits per heavy atom. The van der Waals surface area contributed by atoms with Crippen LogP contribution in [0.15, 0.2) is 17.3 Å². The predicted molar refractivity (Wildman–Crippen MR) is 96.6 cm³/mol. The van der Waals surface area contributed by atoms with Crippen molar-refractivity contribution < 1.29 is 14.3 Å². The highest BCUT2D eigenvalue weighted by molar-refractivity contribution is 7.99. The van der Waals surface area contributed by atoms with Gasteiger partial charge in [-0.05, 0) is 62.8 Å². The molecule has 134 valence electrons. The first-order valence-corrected chi connectivity index (χ1v) is 9.53. The molecule has 0 aliphatic heterocycles. The van der Waals surface area contributed by atoms with E-state index in [4.69, 9.17) is 9.47 Å². The molecule has 3 rings (SSSR count). The number of hydrogen-bond acceptors (Lipinski definition) is 6.